The first kappa shape index (κ1) is 16.4. The van der Waals surface area contributed by atoms with Gasteiger partial charge in [-0.25, -0.2) is 9.97 Å². The molecular formula is C19H18N4O2. The normalized spacial score (nSPS) is 10.1. The van der Waals surface area contributed by atoms with Crippen LogP contribution in [-0.2, 0) is 6.54 Å². The minimum atomic E-state index is -0.277. The van der Waals surface area contributed by atoms with Crippen molar-refractivity contribution in [3.63, 3.8) is 0 Å². The third-order valence-electron chi connectivity index (χ3n) is 3.56. The number of nitrogens with one attached hydrogen (secondary N) is 2. The van der Waals surface area contributed by atoms with E-state index in [1.54, 1.807) is 13.2 Å². The van der Waals surface area contributed by atoms with E-state index in [9.17, 15) is 4.79 Å². The molecule has 3 rings (SSSR count). The van der Waals surface area contributed by atoms with Crippen LogP contribution in [0.1, 0.15) is 16.1 Å². The molecule has 0 saturated heterocycles. The molecule has 0 saturated carbocycles. The molecule has 2 N–H and O–H groups in total. The molecule has 6 nitrogen and oxygen atoms in total. The van der Waals surface area contributed by atoms with E-state index >= 15 is 0 Å². The van der Waals surface area contributed by atoms with E-state index in [4.69, 9.17) is 4.74 Å². The molecular weight excluding hydrogens is 316 g/mol. The first-order valence-electron chi connectivity index (χ1n) is 7.80. The summed E-state index contributed by atoms with van der Waals surface area (Å²) in [5.41, 5.74) is 2.10. The van der Waals surface area contributed by atoms with Crippen molar-refractivity contribution < 1.29 is 9.53 Å². The maximum Gasteiger partial charge on any atom is 0.274 e. The van der Waals surface area contributed by atoms with Crippen LogP contribution in [0.25, 0.3) is 0 Å². The summed E-state index contributed by atoms with van der Waals surface area (Å²) in [6.07, 6.45) is 1.37. The van der Waals surface area contributed by atoms with Crippen LogP contribution in [0.5, 0.6) is 5.75 Å². The van der Waals surface area contributed by atoms with Crippen molar-refractivity contribution in [3.05, 3.63) is 78.2 Å². The highest BCUT2D eigenvalue weighted by atomic mass is 16.5. The van der Waals surface area contributed by atoms with Crippen molar-refractivity contribution in [2.24, 2.45) is 0 Å². The van der Waals surface area contributed by atoms with Gasteiger partial charge in [0, 0.05) is 18.3 Å². The van der Waals surface area contributed by atoms with Crippen LogP contribution in [0, 0.1) is 0 Å². The molecule has 25 heavy (non-hydrogen) atoms. The maximum absolute atomic E-state index is 12.3. The number of carbonyl (C=O) groups excluding carboxylic acids is 1. The SMILES string of the molecule is COc1ccc(CNc2cc(C(=O)Nc3ccccc3)ncn2)cc1. The maximum atomic E-state index is 12.3. The molecule has 126 valence electrons. The average molecular weight is 334 g/mol. The summed E-state index contributed by atoms with van der Waals surface area (Å²) in [6.45, 7) is 0.584. The first-order valence-corrected chi connectivity index (χ1v) is 7.80. The minimum absolute atomic E-state index is 0.277. The van der Waals surface area contributed by atoms with Crippen LogP contribution >= 0.6 is 0 Å². The van der Waals surface area contributed by atoms with Crippen LogP contribution in [0.3, 0.4) is 0 Å². The predicted molar refractivity (Wildman–Crippen MR) is 96.7 cm³/mol. The quantitative estimate of drug-likeness (QED) is 0.723. The lowest BCUT2D eigenvalue weighted by molar-refractivity contribution is 0.102. The Labute approximate surface area is 145 Å². The number of carbonyl (C=O) groups is 1. The Morgan fingerprint density at radius 2 is 1.80 bits per heavy atom. The lowest BCUT2D eigenvalue weighted by Gasteiger charge is -2.08. The Hall–Kier alpha value is -3.41. The Bertz CT molecular complexity index is 836. The molecule has 3 aromatic rings. The van der Waals surface area contributed by atoms with Gasteiger partial charge in [-0.3, -0.25) is 4.79 Å². The Kier molecular flexibility index (Phi) is 5.21. The van der Waals surface area contributed by atoms with Gasteiger partial charge in [-0.05, 0) is 29.8 Å². The van der Waals surface area contributed by atoms with Gasteiger partial charge in [-0.15, -0.1) is 0 Å². The zero-order chi connectivity index (χ0) is 17.5. The number of para-hydroxylation sites is 1. The van der Waals surface area contributed by atoms with Crippen LogP contribution in [0.15, 0.2) is 67.0 Å². The third-order valence-corrected chi connectivity index (χ3v) is 3.56. The van der Waals surface area contributed by atoms with Gasteiger partial charge in [0.25, 0.3) is 5.91 Å². The number of rotatable bonds is 6. The van der Waals surface area contributed by atoms with E-state index < -0.39 is 0 Å². The van der Waals surface area contributed by atoms with Gasteiger partial charge in [0.15, 0.2) is 0 Å². The van der Waals surface area contributed by atoms with Crippen molar-refractivity contribution in [2.45, 2.75) is 6.54 Å². The van der Waals surface area contributed by atoms with E-state index in [2.05, 4.69) is 20.6 Å². The van der Waals surface area contributed by atoms with Gasteiger partial charge in [-0.1, -0.05) is 30.3 Å². The Morgan fingerprint density at radius 3 is 2.52 bits per heavy atom. The van der Waals surface area contributed by atoms with E-state index in [0.717, 1.165) is 17.0 Å². The molecule has 1 heterocycles. The number of anilines is 2. The van der Waals surface area contributed by atoms with E-state index in [1.807, 2.05) is 54.6 Å². The molecule has 2 aromatic carbocycles. The summed E-state index contributed by atoms with van der Waals surface area (Å²) >= 11 is 0. The predicted octanol–water partition coefficient (Wildman–Crippen LogP) is 3.35. The molecule has 0 fully saturated rings. The van der Waals surface area contributed by atoms with Crippen LogP contribution < -0.4 is 15.4 Å². The highest BCUT2D eigenvalue weighted by Gasteiger charge is 2.09. The standard InChI is InChI=1S/C19H18N4O2/c1-25-16-9-7-14(8-10-16)12-20-18-11-17(21-13-22-18)19(24)23-15-5-3-2-4-6-15/h2-11,13H,12H2,1H3,(H,23,24)(H,20,21,22). The number of hydrogen-bond acceptors (Lipinski definition) is 5. The van der Waals surface area contributed by atoms with Crippen molar-refractivity contribution in [1.82, 2.24) is 9.97 Å². The van der Waals surface area contributed by atoms with Gasteiger partial charge >= 0.3 is 0 Å². The van der Waals surface area contributed by atoms with E-state index in [-0.39, 0.29) is 5.91 Å². The average Bonchev–Trinajstić information content (AvgIpc) is 2.68. The second-order valence-electron chi connectivity index (χ2n) is 5.31. The molecule has 0 atom stereocenters. The molecule has 0 radical (unpaired) electrons. The fourth-order valence-corrected chi connectivity index (χ4v) is 2.23. The largest absolute Gasteiger partial charge is 0.497 e. The molecule has 0 aliphatic heterocycles. The lowest BCUT2D eigenvalue weighted by atomic mass is 10.2. The summed E-state index contributed by atoms with van der Waals surface area (Å²) < 4.78 is 5.14. The number of ether oxygens (including phenoxy) is 1. The van der Waals surface area contributed by atoms with Gasteiger partial charge in [0.1, 0.15) is 23.6 Å². The van der Waals surface area contributed by atoms with Gasteiger partial charge in [-0.2, -0.15) is 0 Å². The molecule has 0 bridgehead atoms. The van der Waals surface area contributed by atoms with Gasteiger partial charge < -0.3 is 15.4 Å². The molecule has 0 spiro atoms. The van der Waals surface area contributed by atoms with Gasteiger partial charge in [0.05, 0.1) is 7.11 Å². The number of aromatic nitrogens is 2. The number of nitrogens with zero attached hydrogens (tertiary/aromatic N) is 2. The van der Waals surface area contributed by atoms with Crippen molar-refractivity contribution in [3.8, 4) is 5.75 Å². The summed E-state index contributed by atoms with van der Waals surface area (Å²) in [5.74, 6) is 1.12. The molecule has 0 unspecified atom stereocenters. The second kappa shape index (κ2) is 7.92. The fraction of sp³-hybridized carbons (Fsp3) is 0.105. The zero-order valence-electron chi connectivity index (χ0n) is 13.8. The topological polar surface area (TPSA) is 76.1 Å². The highest BCUT2D eigenvalue weighted by Crippen LogP contribution is 2.13. The summed E-state index contributed by atoms with van der Waals surface area (Å²) in [6, 6.07) is 18.6. The lowest BCUT2D eigenvalue weighted by Crippen LogP contribution is -2.14. The van der Waals surface area contributed by atoms with Crippen LogP contribution in [-0.4, -0.2) is 23.0 Å². The van der Waals surface area contributed by atoms with E-state index in [0.29, 0.717) is 18.1 Å². The summed E-state index contributed by atoms with van der Waals surface area (Å²) in [4.78, 5) is 20.5. The molecule has 1 aromatic heterocycles. The van der Waals surface area contributed by atoms with Gasteiger partial charge in [0.2, 0.25) is 0 Å². The Morgan fingerprint density at radius 1 is 1.04 bits per heavy atom. The van der Waals surface area contributed by atoms with Crippen molar-refractivity contribution in [2.75, 3.05) is 17.7 Å². The zero-order valence-corrected chi connectivity index (χ0v) is 13.8. The minimum Gasteiger partial charge on any atom is -0.497 e. The fourth-order valence-electron chi connectivity index (χ4n) is 2.23. The third kappa shape index (κ3) is 4.54. The van der Waals surface area contributed by atoms with E-state index in [1.165, 1.54) is 6.33 Å². The van der Waals surface area contributed by atoms with Crippen LogP contribution in [0.2, 0.25) is 0 Å². The first-order chi connectivity index (χ1) is 12.2. The monoisotopic (exact) mass is 334 g/mol. The van der Waals surface area contributed by atoms with Crippen LogP contribution in [0.4, 0.5) is 11.5 Å². The Balaban J connectivity index is 1.63. The number of amides is 1. The summed E-state index contributed by atoms with van der Waals surface area (Å²) in [5, 5.41) is 5.99. The highest BCUT2D eigenvalue weighted by molar-refractivity contribution is 6.03. The molecule has 0 aliphatic rings. The van der Waals surface area contributed by atoms with Crippen molar-refractivity contribution in [1.29, 1.82) is 0 Å². The number of methoxy groups -OCH3 is 1. The number of benzene rings is 2. The smallest absolute Gasteiger partial charge is 0.274 e. The molecule has 6 heteroatoms. The summed E-state index contributed by atoms with van der Waals surface area (Å²) in [7, 11) is 1.64. The van der Waals surface area contributed by atoms with Crippen molar-refractivity contribution >= 4 is 17.4 Å². The molecule has 1 amide bonds. The molecule has 0 aliphatic carbocycles. The number of hydrogen-bond donors (Lipinski definition) is 2. The second-order valence-corrected chi connectivity index (χ2v) is 5.31.